The molecule has 0 rings (SSSR count). The number of carboxylic acid groups (broad SMARTS) is 2. The first kappa shape index (κ1) is 56.5. The number of aliphatic hydroxyl groups excluding tert-OH is 1. The van der Waals surface area contributed by atoms with Gasteiger partial charge in [0.15, 0.2) is 17.9 Å². The molecular weight excluding hydrogens is 834 g/mol. The van der Waals surface area contributed by atoms with E-state index in [1.54, 1.807) is 0 Å². The first-order valence-electron chi connectivity index (χ1n) is 20.2. The van der Waals surface area contributed by atoms with Gasteiger partial charge in [-0.05, 0) is 77.7 Å². The number of aliphatic carboxylic acids is 2. The maximum atomic E-state index is 13.7. The molecule has 6 amide bonds. The summed E-state index contributed by atoms with van der Waals surface area (Å²) < 4.78 is 0. The molecule has 358 valence electrons. The number of carbonyl (C=O) groups is 8. The van der Waals surface area contributed by atoms with Crippen molar-refractivity contribution >= 4 is 65.3 Å². The zero-order chi connectivity index (χ0) is 48.1. The van der Waals surface area contributed by atoms with Crippen molar-refractivity contribution in [1.82, 2.24) is 47.9 Å². The van der Waals surface area contributed by atoms with Crippen molar-refractivity contribution in [1.29, 1.82) is 16.2 Å². The first-order valence-corrected chi connectivity index (χ1v) is 20.2. The highest BCUT2D eigenvalue weighted by molar-refractivity contribution is 5.97. The van der Waals surface area contributed by atoms with Gasteiger partial charge in [-0.15, -0.1) is 0 Å². The molecule has 0 aliphatic carbocycles. The maximum absolute atomic E-state index is 13.7. The molecule has 28 nitrogen and oxygen atoms in total. The van der Waals surface area contributed by atoms with E-state index in [2.05, 4.69) is 47.9 Å². The van der Waals surface area contributed by atoms with Crippen LogP contribution in [0.5, 0.6) is 0 Å². The van der Waals surface area contributed by atoms with Crippen LogP contribution >= 0.6 is 0 Å². The van der Waals surface area contributed by atoms with Gasteiger partial charge >= 0.3 is 11.9 Å². The van der Waals surface area contributed by atoms with Crippen LogP contribution < -0.4 is 76.5 Å². The number of hydrogen-bond donors (Lipinski definition) is 20. The van der Waals surface area contributed by atoms with Gasteiger partial charge in [0.1, 0.15) is 36.3 Å². The van der Waals surface area contributed by atoms with Gasteiger partial charge in [0.05, 0.1) is 12.6 Å². The number of nitrogens with two attached hydrogens (primary N) is 5. The fraction of sp³-hybridized carbons (Fsp3) is 0.686. The number of nitrogens with one attached hydrogen (secondary N) is 12. The Hall–Kier alpha value is -6.55. The fourth-order valence-electron chi connectivity index (χ4n) is 5.53. The van der Waals surface area contributed by atoms with E-state index in [1.807, 2.05) is 0 Å². The Morgan fingerprint density at radius 1 is 0.508 bits per heavy atom. The molecule has 0 saturated carbocycles. The largest absolute Gasteiger partial charge is 0.481 e. The van der Waals surface area contributed by atoms with Gasteiger partial charge in [-0.3, -0.25) is 49.8 Å². The Morgan fingerprint density at radius 3 is 1.30 bits per heavy atom. The molecule has 0 bridgehead atoms. The van der Waals surface area contributed by atoms with E-state index in [0.717, 1.165) is 0 Å². The number of unbranched alkanes of at least 4 members (excludes halogenated alkanes) is 1. The van der Waals surface area contributed by atoms with Crippen LogP contribution in [0.3, 0.4) is 0 Å². The third-order valence-corrected chi connectivity index (χ3v) is 8.99. The Labute approximate surface area is 364 Å². The van der Waals surface area contributed by atoms with E-state index in [-0.39, 0.29) is 76.0 Å². The van der Waals surface area contributed by atoms with Gasteiger partial charge in [-0.2, -0.15) is 0 Å². The van der Waals surface area contributed by atoms with Crippen molar-refractivity contribution in [2.24, 2.45) is 28.7 Å². The van der Waals surface area contributed by atoms with Gasteiger partial charge in [0.25, 0.3) is 0 Å². The van der Waals surface area contributed by atoms with Crippen LogP contribution in [0.15, 0.2) is 0 Å². The summed E-state index contributed by atoms with van der Waals surface area (Å²) >= 11 is 0. The summed E-state index contributed by atoms with van der Waals surface area (Å²) in [6.07, 6.45) is 0.542. The minimum atomic E-state index is -1.72. The summed E-state index contributed by atoms with van der Waals surface area (Å²) in [6, 6.07) is -9.78. The third-order valence-electron chi connectivity index (χ3n) is 8.99. The molecule has 7 atom stereocenters. The van der Waals surface area contributed by atoms with Crippen LogP contribution in [0.1, 0.15) is 77.6 Å². The molecule has 0 radical (unpaired) electrons. The number of carbonyl (C=O) groups excluding carboxylic acids is 6. The van der Waals surface area contributed by atoms with Crippen molar-refractivity contribution in [3.8, 4) is 0 Å². The Morgan fingerprint density at radius 2 is 0.889 bits per heavy atom. The molecule has 25 N–H and O–H groups in total. The molecule has 0 unspecified atom stereocenters. The van der Waals surface area contributed by atoms with Crippen molar-refractivity contribution in [3.63, 3.8) is 0 Å². The third kappa shape index (κ3) is 25.7. The van der Waals surface area contributed by atoms with Crippen molar-refractivity contribution in [3.05, 3.63) is 0 Å². The average molecular weight is 902 g/mol. The van der Waals surface area contributed by atoms with Crippen LogP contribution in [-0.2, 0) is 38.4 Å². The van der Waals surface area contributed by atoms with Crippen LogP contribution in [0.2, 0.25) is 0 Å². The number of carboxylic acids is 2. The molecule has 0 aliphatic heterocycles. The molecule has 0 spiro atoms. The molecule has 0 heterocycles. The predicted molar refractivity (Wildman–Crippen MR) is 227 cm³/mol. The Kier molecular flexibility index (Phi) is 28.1. The topological polar surface area (TPSA) is 507 Å². The molecule has 0 aromatic heterocycles. The SMILES string of the molecule is C[C@H](NC(=O)[C@H](CCCNC(=N)N)NC(=O)[C@H](CO)NC(=O)[C@H](CCCNC(=N)N)NC(=O)[C@H](CCCCN)NC(=O)[C@@H](N)CCCNC(=N)N)C(=O)N[C@@H](CCC(=O)O)C(=O)O. The van der Waals surface area contributed by atoms with Gasteiger partial charge in [-0.1, -0.05) is 0 Å². The summed E-state index contributed by atoms with van der Waals surface area (Å²) in [5, 5.41) is 72.5. The van der Waals surface area contributed by atoms with Crippen LogP contribution in [0.25, 0.3) is 0 Å². The maximum Gasteiger partial charge on any atom is 0.326 e. The summed E-state index contributed by atoms with van der Waals surface area (Å²) in [6.45, 7) is 0.919. The van der Waals surface area contributed by atoms with E-state index >= 15 is 0 Å². The lowest BCUT2D eigenvalue weighted by molar-refractivity contribution is -0.143. The monoisotopic (exact) mass is 902 g/mol. The lowest BCUT2D eigenvalue weighted by Crippen LogP contribution is -2.60. The Bertz CT molecular complexity index is 1570. The molecule has 0 aromatic rings. The van der Waals surface area contributed by atoms with Crippen molar-refractivity contribution in [2.75, 3.05) is 32.8 Å². The highest BCUT2D eigenvalue weighted by Gasteiger charge is 2.33. The normalized spacial score (nSPS) is 14.0. The van der Waals surface area contributed by atoms with Gasteiger partial charge in [0, 0.05) is 26.1 Å². The number of rotatable bonds is 33. The second-order valence-corrected chi connectivity index (χ2v) is 14.3. The summed E-state index contributed by atoms with van der Waals surface area (Å²) in [4.78, 5) is 103. The molecule has 0 aromatic carbocycles. The number of amides is 6. The molecule has 0 saturated heterocycles. The number of aliphatic hydroxyl groups is 1. The minimum Gasteiger partial charge on any atom is -0.481 e. The van der Waals surface area contributed by atoms with Crippen molar-refractivity contribution in [2.45, 2.75) is 120 Å². The molecule has 28 heteroatoms. The van der Waals surface area contributed by atoms with E-state index < -0.39 is 109 Å². The van der Waals surface area contributed by atoms with Crippen molar-refractivity contribution < 1.29 is 53.7 Å². The average Bonchev–Trinajstić information content (AvgIpc) is 3.20. The fourth-order valence-corrected chi connectivity index (χ4v) is 5.53. The zero-order valence-corrected chi connectivity index (χ0v) is 35.3. The second-order valence-electron chi connectivity index (χ2n) is 14.3. The lowest BCUT2D eigenvalue weighted by atomic mass is 10.0. The van der Waals surface area contributed by atoms with Gasteiger partial charge in [0.2, 0.25) is 35.4 Å². The van der Waals surface area contributed by atoms with E-state index in [4.69, 9.17) is 50.0 Å². The summed E-state index contributed by atoms with van der Waals surface area (Å²) in [5.41, 5.74) is 27.6. The zero-order valence-electron chi connectivity index (χ0n) is 35.3. The molecule has 0 aliphatic rings. The first-order chi connectivity index (χ1) is 29.6. The minimum absolute atomic E-state index is 0.0626. The van der Waals surface area contributed by atoms with E-state index in [9.17, 15) is 48.6 Å². The molecule has 0 fully saturated rings. The van der Waals surface area contributed by atoms with Crippen LogP contribution in [-0.4, -0.2) is 156 Å². The quantitative estimate of drug-likeness (QED) is 0.0165. The Balaban J connectivity index is 6.21. The number of hydrogen-bond acceptors (Lipinski definition) is 14. The highest BCUT2D eigenvalue weighted by Crippen LogP contribution is 2.07. The highest BCUT2D eigenvalue weighted by atomic mass is 16.4. The summed E-state index contributed by atoms with van der Waals surface area (Å²) in [5.74, 6) is -9.25. The smallest absolute Gasteiger partial charge is 0.326 e. The van der Waals surface area contributed by atoms with Gasteiger partial charge in [-0.25, -0.2) is 4.79 Å². The van der Waals surface area contributed by atoms with Crippen LogP contribution in [0.4, 0.5) is 0 Å². The lowest BCUT2D eigenvalue weighted by Gasteiger charge is -2.27. The summed E-state index contributed by atoms with van der Waals surface area (Å²) in [7, 11) is 0. The predicted octanol–water partition coefficient (Wildman–Crippen LogP) is -6.90. The second kappa shape index (κ2) is 31.3. The molecule has 63 heavy (non-hydrogen) atoms. The van der Waals surface area contributed by atoms with E-state index in [0.29, 0.717) is 25.8 Å². The van der Waals surface area contributed by atoms with E-state index in [1.165, 1.54) is 6.92 Å². The number of guanidine groups is 3. The molecular formula is C35H67N17O11. The van der Waals surface area contributed by atoms with Gasteiger partial charge < -0.3 is 91.8 Å². The van der Waals surface area contributed by atoms with Crippen LogP contribution in [0, 0.1) is 16.2 Å². The standard InChI is InChI=1S/C35H67N17O11/c1-18(26(56)51-23(32(62)63)11-12-25(54)55)47-28(58)21(9-5-15-45-34(40)41)50-31(61)24(17-53)52-30(60)22(10-6-16-46-35(42)43)49-29(59)20(8-2-3-13-36)48-27(57)19(37)7-4-14-44-33(38)39/h18-24,53H,2-17,36-37H2,1H3,(H,47,58)(H,48,57)(H,49,59)(H,50,61)(H,51,56)(H,52,60)(H,54,55)(H,62,63)(H4,38,39,44)(H4,40,41,45)(H4,42,43,46)/t18-,19-,20-,21-,22-,23-,24-/m0/s1.